The van der Waals surface area contributed by atoms with E-state index in [0.29, 0.717) is 17.7 Å². The summed E-state index contributed by atoms with van der Waals surface area (Å²) in [6.45, 7) is 4.93. The Balaban J connectivity index is 1.43. The van der Waals surface area contributed by atoms with E-state index in [9.17, 15) is 4.79 Å². The minimum absolute atomic E-state index is 0.241. The number of rotatable bonds is 8. The molecule has 196 valence electrons. The first kappa shape index (κ1) is 26.3. The molecule has 39 heavy (non-hydrogen) atoms. The molecule has 0 spiro atoms. The number of ether oxygens (including phenoxy) is 1. The lowest BCUT2D eigenvalue weighted by atomic mass is 10.0. The van der Waals surface area contributed by atoms with E-state index in [1.807, 2.05) is 48.5 Å². The fraction of sp³-hybridized carbons (Fsp3) is 0.161. The normalized spacial score (nSPS) is 11.0. The zero-order valence-electron chi connectivity index (χ0n) is 21.7. The van der Waals surface area contributed by atoms with Crippen molar-refractivity contribution in [3.63, 3.8) is 0 Å². The predicted octanol–water partition coefficient (Wildman–Crippen LogP) is 7.48. The van der Waals surface area contributed by atoms with Gasteiger partial charge in [0.1, 0.15) is 16.7 Å². The molecule has 0 unspecified atom stereocenters. The van der Waals surface area contributed by atoms with Crippen LogP contribution in [0, 0.1) is 0 Å². The summed E-state index contributed by atoms with van der Waals surface area (Å²) in [5, 5.41) is 4.37. The van der Waals surface area contributed by atoms with Gasteiger partial charge in [-0.3, -0.25) is 4.90 Å². The van der Waals surface area contributed by atoms with Gasteiger partial charge in [0, 0.05) is 30.6 Å². The molecule has 8 heteroatoms. The van der Waals surface area contributed by atoms with Crippen LogP contribution in [0.1, 0.15) is 25.0 Å². The second-order valence-electron chi connectivity index (χ2n) is 9.46. The molecular weight excluding hydrogens is 554 g/mol. The van der Waals surface area contributed by atoms with Crippen molar-refractivity contribution in [1.29, 1.82) is 0 Å². The first-order valence-corrected chi connectivity index (χ1v) is 13.5. The Labute approximate surface area is 236 Å². The number of fused-ring (bicyclic) bond motifs is 1. The van der Waals surface area contributed by atoms with E-state index in [2.05, 4.69) is 74.3 Å². The van der Waals surface area contributed by atoms with Crippen molar-refractivity contribution in [2.75, 3.05) is 5.32 Å². The highest BCUT2D eigenvalue weighted by atomic mass is 79.9. The van der Waals surface area contributed by atoms with Crippen molar-refractivity contribution in [3.8, 4) is 17.0 Å². The summed E-state index contributed by atoms with van der Waals surface area (Å²) in [6.07, 6.45) is 1.11. The van der Waals surface area contributed by atoms with Gasteiger partial charge in [-0.1, -0.05) is 60.7 Å². The summed E-state index contributed by atoms with van der Waals surface area (Å²) in [6, 6.07) is 29.7. The highest BCUT2D eigenvalue weighted by Gasteiger charge is 2.18. The molecule has 0 atom stereocenters. The minimum atomic E-state index is -0.470. The summed E-state index contributed by atoms with van der Waals surface area (Å²) >= 11 is 3.33. The van der Waals surface area contributed by atoms with Crippen LogP contribution in [-0.2, 0) is 13.1 Å². The van der Waals surface area contributed by atoms with Crippen LogP contribution in [0.5, 0.6) is 5.88 Å². The molecule has 7 nitrogen and oxygen atoms in total. The van der Waals surface area contributed by atoms with Gasteiger partial charge >= 0.3 is 6.09 Å². The lowest BCUT2D eigenvalue weighted by Gasteiger charge is -2.22. The average molecular weight is 583 g/mol. The summed E-state index contributed by atoms with van der Waals surface area (Å²) in [4.78, 5) is 28.1. The average Bonchev–Trinajstić information content (AvgIpc) is 2.93. The Bertz CT molecular complexity index is 1590. The molecule has 0 bridgehead atoms. The number of nitrogens with zero attached hydrogens (tertiary/aromatic N) is 4. The van der Waals surface area contributed by atoms with E-state index in [1.165, 1.54) is 0 Å². The molecule has 3 aromatic carbocycles. The SMILES string of the molecule is CC(C)Nc1ncnc2ccc(-c3cccc(CN(Cc4ccccc4)C(=O)Oc4cccc(Br)n4)c3)cc12. The Morgan fingerprint density at radius 1 is 0.872 bits per heavy atom. The van der Waals surface area contributed by atoms with Gasteiger partial charge in [-0.05, 0) is 76.3 Å². The number of halogens is 1. The van der Waals surface area contributed by atoms with Gasteiger partial charge in [-0.2, -0.15) is 0 Å². The first-order chi connectivity index (χ1) is 18.9. The fourth-order valence-electron chi connectivity index (χ4n) is 4.28. The molecule has 2 aromatic heterocycles. The molecule has 0 saturated heterocycles. The van der Waals surface area contributed by atoms with Crippen molar-refractivity contribution in [2.45, 2.75) is 33.0 Å². The first-order valence-electron chi connectivity index (χ1n) is 12.7. The largest absolute Gasteiger partial charge is 0.417 e. The van der Waals surface area contributed by atoms with Crippen LogP contribution in [0.15, 0.2) is 102 Å². The number of anilines is 1. The topological polar surface area (TPSA) is 80.2 Å². The fourth-order valence-corrected chi connectivity index (χ4v) is 4.61. The van der Waals surface area contributed by atoms with Crippen LogP contribution in [0.2, 0.25) is 0 Å². The zero-order valence-corrected chi connectivity index (χ0v) is 23.3. The number of amides is 1. The third-order valence-electron chi connectivity index (χ3n) is 6.05. The Morgan fingerprint density at radius 3 is 2.41 bits per heavy atom. The van der Waals surface area contributed by atoms with Gasteiger partial charge in [-0.15, -0.1) is 0 Å². The highest BCUT2D eigenvalue weighted by Crippen LogP contribution is 2.28. The number of benzene rings is 3. The lowest BCUT2D eigenvalue weighted by molar-refractivity contribution is 0.144. The van der Waals surface area contributed by atoms with E-state index >= 15 is 0 Å². The maximum atomic E-state index is 13.3. The Morgan fingerprint density at radius 2 is 1.62 bits per heavy atom. The molecule has 1 N–H and O–H groups in total. The Hall–Kier alpha value is -4.30. The van der Waals surface area contributed by atoms with E-state index in [0.717, 1.165) is 39.0 Å². The van der Waals surface area contributed by atoms with Crippen molar-refractivity contribution in [3.05, 3.63) is 113 Å². The van der Waals surface area contributed by atoms with Gasteiger partial charge in [0.25, 0.3) is 0 Å². The molecule has 2 heterocycles. The summed E-state index contributed by atoms with van der Waals surface area (Å²) < 4.78 is 6.23. The highest BCUT2D eigenvalue weighted by molar-refractivity contribution is 9.10. The van der Waals surface area contributed by atoms with Crippen molar-refractivity contribution in [1.82, 2.24) is 19.9 Å². The quantitative estimate of drug-likeness (QED) is 0.191. The second-order valence-corrected chi connectivity index (χ2v) is 10.3. The summed E-state index contributed by atoms with van der Waals surface area (Å²) in [7, 11) is 0. The third-order valence-corrected chi connectivity index (χ3v) is 6.49. The molecule has 1 amide bonds. The number of nitrogens with one attached hydrogen (secondary N) is 1. The third kappa shape index (κ3) is 6.78. The van der Waals surface area contributed by atoms with Gasteiger partial charge in [0.2, 0.25) is 5.88 Å². The van der Waals surface area contributed by atoms with Crippen LogP contribution in [0.25, 0.3) is 22.0 Å². The molecule has 0 saturated carbocycles. The van der Waals surface area contributed by atoms with Crippen LogP contribution < -0.4 is 10.1 Å². The second kappa shape index (κ2) is 12.0. The van der Waals surface area contributed by atoms with Crippen molar-refractivity contribution >= 4 is 38.7 Å². The molecule has 0 aliphatic rings. The van der Waals surface area contributed by atoms with Crippen LogP contribution in [-0.4, -0.2) is 32.0 Å². The van der Waals surface area contributed by atoms with Crippen LogP contribution >= 0.6 is 15.9 Å². The Kier molecular flexibility index (Phi) is 8.13. The van der Waals surface area contributed by atoms with Gasteiger partial charge in [-0.25, -0.2) is 19.7 Å². The molecular formula is C31H28BrN5O2. The molecule has 5 aromatic rings. The van der Waals surface area contributed by atoms with Gasteiger partial charge in [0.05, 0.1) is 5.52 Å². The van der Waals surface area contributed by atoms with Gasteiger partial charge < -0.3 is 10.1 Å². The molecule has 5 rings (SSSR count). The van der Waals surface area contributed by atoms with E-state index in [1.54, 1.807) is 29.4 Å². The summed E-state index contributed by atoms with van der Waals surface area (Å²) in [5.41, 5.74) is 4.95. The molecule has 0 radical (unpaired) electrons. The standard InChI is InChI=1S/C31H28BrN5O2/c1-21(2)35-30-26-17-25(14-15-27(26)33-20-34-30)24-11-6-10-23(16-24)19-37(18-22-8-4-3-5-9-22)31(38)39-29-13-7-12-28(32)36-29/h3-17,20-21H,18-19H2,1-2H3,(H,33,34,35). The number of hydrogen-bond donors (Lipinski definition) is 1. The number of hydrogen-bond acceptors (Lipinski definition) is 6. The smallest absolute Gasteiger partial charge is 0.391 e. The maximum absolute atomic E-state index is 13.3. The van der Waals surface area contributed by atoms with Crippen LogP contribution in [0.3, 0.4) is 0 Å². The minimum Gasteiger partial charge on any atom is -0.391 e. The zero-order chi connectivity index (χ0) is 27.2. The number of carbonyl (C=O) groups is 1. The van der Waals surface area contributed by atoms with E-state index < -0.39 is 6.09 Å². The number of pyridine rings is 1. The van der Waals surface area contributed by atoms with Gasteiger partial charge in [0.15, 0.2) is 0 Å². The number of aromatic nitrogens is 3. The lowest BCUT2D eigenvalue weighted by Crippen LogP contribution is -2.32. The molecule has 0 aliphatic heterocycles. The van der Waals surface area contributed by atoms with E-state index in [4.69, 9.17) is 4.74 Å². The van der Waals surface area contributed by atoms with Crippen molar-refractivity contribution < 1.29 is 9.53 Å². The predicted molar refractivity (Wildman–Crippen MR) is 157 cm³/mol. The maximum Gasteiger partial charge on any atom is 0.417 e. The molecule has 0 fully saturated rings. The number of carbonyl (C=O) groups excluding carboxylic acids is 1. The summed E-state index contributed by atoms with van der Waals surface area (Å²) in [5.74, 6) is 1.05. The van der Waals surface area contributed by atoms with Crippen molar-refractivity contribution in [2.24, 2.45) is 0 Å². The van der Waals surface area contributed by atoms with E-state index in [-0.39, 0.29) is 11.9 Å². The monoisotopic (exact) mass is 581 g/mol. The van der Waals surface area contributed by atoms with Crippen LogP contribution in [0.4, 0.5) is 10.6 Å². The molecule has 0 aliphatic carbocycles.